The molecule has 9 nitrogen and oxygen atoms in total. The highest BCUT2D eigenvalue weighted by molar-refractivity contribution is 5.84. The number of hydrogen-bond donors (Lipinski definition) is 2. The second kappa shape index (κ2) is 5.59. The molecule has 0 aromatic carbocycles. The predicted molar refractivity (Wildman–Crippen MR) is 64.9 cm³/mol. The summed E-state index contributed by atoms with van der Waals surface area (Å²) in [6, 6.07) is -0.607. The quantitative estimate of drug-likeness (QED) is 0.753. The van der Waals surface area contributed by atoms with Crippen LogP contribution in [0.4, 0.5) is 4.79 Å². The van der Waals surface area contributed by atoms with Gasteiger partial charge in [0, 0.05) is 25.5 Å². The van der Waals surface area contributed by atoms with Crippen molar-refractivity contribution in [3.8, 4) is 0 Å². The maximum Gasteiger partial charge on any atom is 0.323 e. The van der Waals surface area contributed by atoms with E-state index in [4.69, 9.17) is 10.2 Å². The second-order valence-corrected chi connectivity index (χ2v) is 4.38. The summed E-state index contributed by atoms with van der Waals surface area (Å²) in [7, 11) is 0. The van der Waals surface area contributed by atoms with Crippen molar-refractivity contribution < 1.29 is 24.6 Å². The van der Waals surface area contributed by atoms with Gasteiger partial charge in [-0.15, -0.1) is 0 Å². The highest BCUT2D eigenvalue weighted by Crippen LogP contribution is 2.12. The summed E-state index contributed by atoms with van der Waals surface area (Å²) in [5.74, 6) is -1.81. The van der Waals surface area contributed by atoms with Gasteiger partial charge in [0.15, 0.2) is 0 Å². The zero-order chi connectivity index (χ0) is 14.7. The molecule has 1 aliphatic rings. The topological polar surface area (TPSA) is 116 Å². The minimum Gasteiger partial charge on any atom is -0.480 e. The lowest BCUT2D eigenvalue weighted by Gasteiger charge is -2.31. The number of amides is 2. The predicted octanol–water partition coefficient (Wildman–Crippen LogP) is -0.710. The van der Waals surface area contributed by atoms with Crippen LogP contribution in [0.2, 0.25) is 0 Å². The van der Waals surface area contributed by atoms with Gasteiger partial charge in [0.05, 0.1) is 6.54 Å². The van der Waals surface area contributed by atoms with Crippen LogP contribution in [0.25, 0.3) is 0 Å². The Morgan fingerprint density at radius 2 is 1.85 bits per heavy atom. The van der Waals surface area contributed by atoms with E-state index in [0.29, 0.717) is 18.9 Å². The van der Waals surface area contributed by atoms with E-state index in [0.717, 1.165) is 4.90 Å². The van der Waals surface area contributed by atoms with Crippen LogP contribution < -0.4 is 0 Å². The largest absolute Gasteiger partial charge is 0.480 e. The Balaban J connectivity index is 2.08. The van der Waals surface area contributed by atoms with Gasteiger partial charge in [-0.05, 0) is 0 Å². The van der Waals surface area contributed by atoms with Crippen LogP contribution in [0.3, 0.4) is 0 Å². The maximum absolute atomic E-state index is 12.2. The first-order valence-corrected chi connectivity index (χ1v) is 5.95. The van der Waals surface area contributed by atoms with Gasteiger partial charge >= 0.3 is 18.0 Å². The normalized spacial score (nSPS) is 13.7. The Kier molecular flexibility index (Phi) is 3.87. The monoisotopic (exact) mass is 282 g/mol. The number of carboxylic acid groups (broad SMARTS) is 2. The molecule has 0 atom stereocenters. The van der Waals surface area contributed by atoms with E-state index in [9.17, 15) is 14.4 Å². The summed E-state index contributed by atoms with van der Waals surface area (Å²) in [6.45, 7) is -0.110. The molecule has 0 spiro atoms. The molecule has 20 heavy (non-hydrogen) atoms. The van der Waals surface area contributed by atoms with Crippen molar-refractivity contribution in [3.63, 3.8) is 0 Å². The number of rotatable bonds is 4. The van der Waals surface area contributed by atoms with Crippen LogP contribution >= 0.6 is 0 Å². The van der Waals surface area contributed by atoms with Crippen molar-refractivity contribution in [3.05, 3.63) is 18.2 Å². The van der Waals surface area contributed by atoms with E-state index in [1.807, 2.05) is 4.57 Å². The molecule has 1 aromatic rings. The molecule has 2 rings (SSSR count). The fraction of sp³-hybridized carbons (Fsp3) is 0.455. The van der Waals surface area contributed by atoms with Crippen LogP contribution in [-0.4, -0.2) is 67.2 Å². The van der Waals surface area contributed by atoms with Crippen LogP contribution in [0.1, 0.15) is 5.82 Å². The lowest BCUT2D eigenvalue weighted by Crippen LogP contribution is -2.49. The molecule has 0 unspecified atom stereocenters. The van der Waals surface area contributed by atoms with Gasteiger partial charge in [0.25, 0.3) is 0 Å². The second-order valence-electron chi connectivity index (χ2n) is 4.38. The van der Waals surface area contributed by atoms with Crippen LogP contribution in [0.5, 0.6) is 0 Å². The summed E-state index contributed by atoms with van der Waals surface area (Å²) in [5, 5.41) is 17.5. The van der Waals surface area contributed by atoms with E-state index in [1.54, 1.807) is 12.4 Å². The number of carbonyl (C=O) groups is 3. The Morgan fingerprint density at radius 3 is 2.45 bits per heavy atom. The Hall–Kier alpha value is -2.58. The van der Waals surface area contributed by atoms with Crippen LogP contribution in [0, 0.1) is 0 Å². The Bertz CT molecular complexity index is 525. The molecular weight excluding hydrogens is 268 g/mol. The number of urea groups is 1. The molecule has 0 radical (unpaired) electrons. The standard InChI is InChI=1S/C11H14N4O5/c16-9(17)6-15(7-10(18)19)11(20)14-4-3-13-2-1-12-8(13)5-14/h1-2H,3-7H2,(H,16,17)(H,18,19). The maximum atomic E-state index is 12.2. The van der Waals surface area contributed by atoms with E-state index >= 15 is 0 Å². The van der Waals surface area contributed by atoms with Crippen LogP contribution in [-0.2, 0) is 22.7 Å². The van der Waals surface area contributed by atoms with Gasteiger partial charge in [0.2, 0.25) is 0 Å². The third kappa shape index (κ3) is 3.05. The number of carbonyl (C=O) groups excluding carboxylic acids is 1. The molecule has 9 heteroatoms. The number of fused-ring (bicyclic) bond motifs is 1. The molecule has 108 valence electrons. The van der Waals surface area contributed by atoms with Crippen molar-refractivity contribution in [1.29, 1.82) is 0 Å². The summed E-state index contributed by atoms with van der Waals surface area (Å²) < 4.78 is 1.89. The molecule has 2 amide bonds. The first-order chi connectivity index (χ1) is 9.47. The van der Waals surface area contributed by atoms with E-state index in [1.165, 1.54) is 4.90 Å². The molecule has 1 aliphatic heterocycles. The van der Waals surface area contributed by atoms with E-state index in [2.05, 4.69) is 4.98 Å². The molecule has 0 saturated carbocycles. The molecule has 2 heterocycles. The minimum atomic E-state index is -1.25. The third-order valence-corrected chi connectivity index (χ3v) is 2.94. The molecular formula is C11H14N4O5. The van der Waals surface area contributed by atoms with Gasteiger partial charge in [0.1, 0.15) is 18.9 Å². The lowest BCUT2D eigenvalue weighted by atomic mass is 10.3. The number of aromatic nitrogens is 2. The minimum absolute atomic E-state index is 0.238. The lowest BCUT2D eigenvalue weighted by molar-refractivity contribution is -0.140. The number of imidazole rings is 1. The highest BCUT2D eigenvalue weighted by Gasteiger charge is 2.27. The van der Waals surface area contributed by atoms with Crippen molar-refractivity contribution >= 4 is 18.0 Å². The number of aliphatic carboxylic acids is 2. The Labute approximate surface area is 114 Å². The van der Waals surface area contributed by atoms with E-state index in [-0.39, 0.29) is 6.54 Å². The summed E-state index contributed by atoms with van der Waals surface area (Å²) in [6.07, 6.45) is 3.42. The van der Waals surface area contributed by atoms with E-state index < -0.39 is 31.1 Å². The van der Waals surface area contributed by atoms with Gasteiger partial charge in [-0.25, -0.2) is 9.78 Å². The van der Waals surface area contributed by atoms with Crippen molar-refractivity contribution in [2.75, 3.05) is 19.6 Å². The fourth-order valence-electron chi connectivity index (χ4n) is 2.05. The first kappa shape index (κ1) is 13.8. The van der Waals surface area contributed by atoms with Crippen molar-refractivity contribution in [2.24, 2.45) is 0 Å². The Morgan fingerprint density at radius 1 is 1.20 bits per heavy atom. The highest BCUT2D eigenvalue weighted by atomic mass is 16.4. The summed E-state index contributed by atoms with van der Waals surface area (Å²) in [4.78, 5) is 39.9. The first-order valence-electron chi connectivity index (χ1n) is 5.95. The molecule has 0 fully saturated rings. The number of hydrogen-bond acceptors (Lipinski definition) is 4. The van der Waals surface area contributed by atoms with Crippen molar-refractivity contribution in [2.45, 2.75) is 13.1 Å². The van der Waals surface area contributed by atoms with Gasteiger partial charge in [-0.2, -0.15) is 0 Å². The SMILES string of the molecule is O=C(O)CN(CC(=O)O)C(=O)N1CCn2ccnc2C1. The average molecular weight is 282 g/mol. The van der Waals surface area contributed by atoms with Gasteiger partial charge in [-0.1, -0.05) is 0 Å². The zero-order valence-electron chi connectivity index (χ0n) is 10.6. The summed E-state index contributed by atoms with van der Waals surface area (Å²) >= 11 is 0. The molecule has 1 aromatic heterocycles. The molecule has 0 bridgehead atoms. The molecule has 0 saturated heterocycles. The fourth-order valence-corrected chi connectivity index (χ4v) is 2.05. The smallest absolute Gasteiger partial charge is 0.323 e. The third-order valence-electron chi connectivity index (χ3n) is 2.94. The van der Waals surface area contributed by atoms with Crippen LogP contribution in [0.15, 0.2) is 12.4 Å². The number of nitrogens with zero attached hydrogens (tertiary/aromatic N) is 4. The summed E-state index contributed by atoms with van der Waals surface area (Å²) in [5.41, 5.74) is 0. The zero-order valence-corrected chi connectivity index (χ0v) is 10.6. The molecule has 2 N–H and O–H groups in total. The average Bonchev–Trinajstić information content (AvgIpc) is 2.83. The van der Waals surface area contributed by atoms with Gasteiger partial charge < -0.3 is 24.6 Å². The number of carboxylic acids is 2. The van der Waals surface area contributed by atoms with Crippen molar-refractivity contribution in [1.82, 2.24) is 19.4 Å². The molecule has 0 aliphatic carbocycles. The van der Waals surface area contributed by atoms with Gasteiger partial charge in [-0.3, -0.25) is 9.59 Å².